The number of hydrogen-bond acceptors (Lipinski definition) is 4. The van der Waals surface area contributed by atoms with Crippen LogP contribution in [-0.4, -0.2) is 12.1 Å². The topological polar surface area (TPSA) is 31.4 Å². The molecule has 3 nitrogen and oxygen atoms in total. The predicted octanol–water partition coefficient (Wildman–Crippen LogP) is 5.16. The molecule has 0 radical (unpaired) electrons. The third kappa shape index (κ3) is 3.72. The summed E-state index contributed by atoms with van der Waals surface area (Å²) in [5, 5.41) is 2.70. The van der Waals surface area contributed by atoms with E-state index in [1.54, 1.807) is 13.3 Å². The third-order valence-corrected chi connectivity index (χ3v) is 5.13. The lowest BCUT2D eigenvalue weighted by Gasteiger charge is -2.30. The molecule has 0 saturated heterocycles. The highest BCUT2D eigenvalue weighted by Crippen LogP contribution is 2.39. The van der Waals surface area contributed by atoms with Crippen LogP contribution in [0.5, 0.6) is 5.75 Å². The summed E-state index contributed by atoms with van der Waals surface area (Å²) < 4.78 is 25.9. The normalized spacial score (nSPS) is 13.4. The van der Waals surface area contributed by atoms with Crippen molar-refractivity contribution < 1.29 is 13.9 Å². The Morgan fingerprint density at radius 2 is 1.96 bits per heavy atom. The van der Waals surface area contributed by atoms with Crippen molar-refractivity contribution in [2.45, 2.75) is 25.6 Å². The second-order valence-electron chi connectivity index (χ2n) is 5.67. The second kappa shape index (κ2) is 7.76. The van der Waals surface area contributed by atoms with Crippen LogP contribution < -0.4 is 4.74 Å². The van der Waals surface area contributed by atoms with Crippen LogP contribution in [0.2, 0.25) is 0 Å². The summed E-state index contributed by atoms with van der Waals surface area (Å²) in [7, 11) is 1.63. The van der Waals surface area contributed by atoms with E-state index in [9.17, 15) is 4.39 Å². The van der Waals surface area contributed by atoms with Gasteiger partial charge in [0.25, 0.3) is 0 Å². The van der Waals surface area contributed by atoms with Gasteiger partial charge in [-0.05, 0) is 29.7 Å². The molecule has 0 saturated carbocycles. The molecule has 0 bridgehead atoms. The van der Waals surface area contributed by atoms with Crippen LogP contribution in [0, 0.1) is 5.82 Å². The van der Waals surface area contributed by atoms with Crippen molar-refractivity contribution in [3.05, 3.63) is 82.1 Å². The van der Waals surface area contributed by atoms with Crippen molar-refractivity contribution >= 4 is 11.3 Å². The molecule has 0 aliphatic carbocycles. The van der Waals surface area contributed by atoms with E-state index in [1.807, 2.05) is 48.7 Å². The van der Waals surface area contributed by atoms with E-state index >= 15 is 0 Å². The minimum Gasteiger partial charge on any atom is -0.489 e. The van der Waals surface area contributed by atoms with Crippen molar-refractivity contribution in [2.24, 2.45) is 0 Å². The van der Waals surface area contributed by atoms with Crippen molar-refractivity contribution in [2.75, 3.05) is 7.11 Å². The van der Waals surface area contributed by atoms with Gasteiger partial charge in [0.1, 0.15) is 28.8 Å². The molecule has 0 aliphatic rings. The molecule has 0 spiro atoms. The summed E-state index contributed by atoms with van der Waals surface area (Å²) >= 11 is 1.50. The molecule has 1 heterocycles. The maximum Gasteiger partial charge on any atom is 0.144 e. The van der Waals surface area contributed by atoms with Gasteiger partial charge in [0.05, 0.1) is 0 Å². The molecule has 0 N–H and O–H groups in total. The molecule has 3 aromatic rings. The zero-order chi connectivity index (χ0) is 17.7. The van der Waals surface area contributed by atoms with Crippen LogP contribution in [0.3, 0.4) is 0 Å². The number of methoxy groups -OCH3 is 1. The van der Waals surface area contributed by atoms with Crippen molar-refractivity contribution in [1.82, 2.24) is 4.98 Å². The SMILES string of the molecule is CCC(OC)(c1cc(F)cc(OCc2ccccc2)c1)c1nccs1. The van der Waals surface area contributed by atoms with E-state index in [-0.39, 0.29) is 5.82 Å². The average Bonchev–Trinajstić information content (AvgIpc) is 3.17. The number of nitrogens with zero attached hydrogens (tertiary/aromatic N) is 1. The Hall–Kier alpha value is -2.24. The van der Waals surface area contributed by atoms with E-state index in [4.69, 9.17) is 9.47 Å². The Morgan fingerprint density at radius 3 is 2.60 bits per heavy atom. The first-order valence-corrected chi connectivity index (χ1v) is 8.99. The first kappa shape index (κ1) is 17.6. The smallest absolute Gasteiger partial charge is 0.144 e. The van der Waals surface area contributed by atoms with E-state index in [0.717, 1.165) is 10.6 Å². The fourth-order valence-corrected chi connectivity index (χ4v) is 3.78. The Bertz CT molecular complexity index is 802. The maximum absolute atomic E-state index is 14.2. The van der Waals surface area contributed by atoms with Gasteiger partial charge in [0.15, 0.2) is 0 Å². The summed E-state index contributed by atoms with van der Waals surface area (Å²) in [6, 6.07) is 14.5. The summed E-state index contributed by atoms with van der Waals surface area (Å²) in [6.45, 7) is 2.38. The Labute approximate surface area is 151 Å². The van der Waals surface area contributed by atoms with Gasteiger partial charge >= 0.3 is 0 Å². The zero-order valence-corrected chi connectivity index (χ0v) is 15.1. The van der Waals surface area contributed by atoms with E-state index in [0.29, 0.717) is 24.3 Å². The van der Waals surface area contributed by atoms with Gasteiger partial charge in [-0.15, -0.1) is 11.3 Å². The summed E-state index contributed by atoms with van der Waals surface area (Å²) in [5.74, 6) is 0.122. The van der Waals surface area contributed by atoms with Crippen molar-refractivity contribution in [1.29, 1.82) is 0 Å². The average molecular weight is 357 g/mol. The molecule has 1 atom stereocenters. The van der Waals surface area contributed by atoms with Gasteiger partial charge in [-0.25, -0.2) is 9.37 Å². The number of halogens is 1. The highest BCUT2D eigenvalue weighted by atomic mass is 32.1. The number of ether oxygens (including phenoxy) is 2. The number of benzene rings is 2. The van der Waals surface area contributed by atoms with Gasteiger partial charge in [0.2, 0.25) is 0 Å². The van der Waals surface area contributed by atoms with Crippen LogP contribution in [0.4, 0.5) is 4.39 Å². The molecular weight excluding hydrogens is 337 g/mol. The van der Waals surface area contributed by atoms with Gasteiger partial charge in [0, 0.05) is 24.8 Å². The van der Waals surface area contributed by atoms with E-state index in [2.05, 4.69) is 4.98 Å². The predicted molar refractivity (Wildman–Crippen MR) is 97.4 cm³/mol. The minimum absolute atomic E-state index is 0.355. The molecule has 1 unspecified atom stereocenters. The Morgan fingerprint density at radius 1 is 1.16 bits per heavy atom. The van der Waals surface area contributed by atoms with Crippen molar-refractivity contribution in [3.8, 4) is 5.75 Å². The van der Waals surface area contributed by atoms with Gasteiger partial charge < -0.3 is 9.47 Å². The monoisotopic (exact) mass is 357 g/mol. The summed E-state index contributed by atoms with van der Waals surface area (Å²) in [5.41, 5.74) is 0.957. The number of thiazole rings is 1. The molecule has 0 amide bonds. The van der Waals surface area contributed by atoms with E-state index < -0.39 is 5.60 Å². The van der Waals surface area contributed by atoms with Crippen LogP contribution in [0.25, 0.3) is 0 Å². The van der Waals surface area contributed by atoms with E-state index in [1.165, 1.54) is 23.5 Å². The second-order valence-corrected chi connectivity index (χ2v) is 6.57. The number of hydrogen-bond donors (Lipinski definition) is 0. The lowest BCUT2D eigenvalue weighted by Crippen LogP contribution is -2.29. The molecule has 1 aromatic heterocycles. The van der Waals surface area contributed by atoms with Crippen LogP contribution in [0.15, 0.2) is 60.1 Å². The molecule has 130 valence electrons. The van der Waals surface area contributed by atoms with Crippen LogP contribution >= 0.6 is 11.3 Å². The molecular formula is C20H20FNO2S. The Kier molecular flexibility index (Phi) is 5.46. The summed E-state index contributed by atoms with van der Waals surface area (Å²) in [4.78, 5) is 4.39. The third-order valence-electron chi connectivity index (χ3n) is 4.21. The molecule has 0 aliphatic heterocycles. The Balaban J connectivity index is 1.92. The molecule has 2 aromatic carbocycles. The fourth-order valence-electron chi connectivity index (χ4n) is 2.87. The van der Waals surface area contributed by atoms with Crippen molar-refractivity contribution in [3.63, 3.8) is 0 Å². The highest BCUT2D eigenvalue weighted by Gasteiger charge is 2.36. The highest BCUT2D eigenvalue weighted by molar-refractivity contribution is 7.09. The molecule has 5 heteroatoms. The van der Waals surface area contributed by atoms with Crippen LogP contribution in [-0.2, 0) is 16.9 Å². The number of rotatable bonds is 7. The first-order valence-electron chi connectivity index (χ1n) is 8.11. The largest absolute Gasteiger partial charge is 0.489 e. The number of aromatic nitrogens is 1. The molecule has 3 rings (SSSR count). The zero-order valence-electron chi connectivity index (χ0n) is 14.2. The molecule has 25 heavy (non-hydrogen) atoms. The van der Waals surface area contributed by atoms with Crippen LogP contribution in [0.1, 0.15) is 29.5 Å². The minimum atomic E-state index is -0.777. The standard InChI is InChI=1S/C20H20FNO2S/c1-3-20(23-2,19-22-9-10-25-19)16-11-17(21)13-18(12-16)24-14-15-7-5-4-6-8-15/h4-13H,3,14H2,1-2H3. The van der Waals surface area contributed by atoms with Gasteiger partial charge in [-0.3, -0.25) is 0 Å². The fraction of sp³-hybridized carbons (Fsp3) is 0.250. The quantitative estimate of drug-likeness (QED) is 0.585. The lowest BCUT2D eigenvalue weighted by molar-refractivity contribution is 0.0180. The lowest BCUT2D eigenvalue weighted by atomic mass is 9.91. The van der Waals surface area contributed by atoms with Gasteiger partial charge in [-0.1, -0.05) is 37.3 Å². The molecule has 0 fully saturated rings. The van der Waals surface area contributed by atoms with Gasteiger partial charge in [-0.2, -0.15) is 0 Å². The summed E-state index contributed by atoms with van der Waals surface area (Å²) in [6.07, 6.45) is 2.37. The first-order chi connectivity index (χ1) is 12.2. The maximum atomic E-state index is 14.2.